The van der Waals surface area contributed by atoms with Crippen molar-refractivity contribution in [1.82, 2.24) is 14.5 Å². The van der Waals surface area contributed by atoms with Crippen LogP contribution in [0.25, 0.3) is 0 Å². The first-order valence-corrected chi connectivity index (χ1v) is 17.5. The van der Waals surface area contributed by atoms with Gasteiger partial charge in [-0.1, -0.05) is 53.5 Å². The zero-order valence-electron chi connectivity index (χ0n) is 23.8. The Morgan fingerprint density at radius 3 is 2.34 bits per heavy atom. The summed E-state index contributed by atoms with van der Waals surface area (Å²) in [6.07, 6.45) is 11.3. The minimum Gasteiger partial charge on any atom is -0.356 e. The second kappa shape index (κ2) is 14.2. The van der Waals surface area contributed by atoms with Crippen LogP contribution in [0.15, 0.2) is 53.4 Å². The number of hydrogen-bond donors (Lipinski definition) is 1. The summed E-state index contributed by atoms with van der Waals surface area (Å²) in [6.45, 7) is 3.55. The molecule has 1 amide bonds. The maximum Gasteiger partial charge on any atom is 0.243 e. The van der Waals surface area contributed by atoms with Crippen LogP contribution in [0.5, 0.6) is 0 Å². The van der Waals surface area contributed by atoms with Crippen molar-refractivity contribution in [3.8, 4) is 0 Å². The molecule has 2 saturated heterocycles. The van der Waals surface area contributed by atoms with Crippen LogP contribution in [-0.4, -0.2) is 61.8 Å². The largest absolute Gasteiger partial charge is 0.356 e. The first kappa shape index (κ1) is 30.8. The number of sulfonamides is 1. The summed E-state index contributed by atoms with van der Waals surface area (Å²) in [4.78, 5) is 15.8. The number of benzene rings is 2. The Hall–Kier alpha value is -1.64. The molecule has 0 radical (unpaired) electrons. The Morgan fingerprint density at radius 1 is 0.902 bits per heavy atom. The summed E-state index contributed by atoms with van der Waals surface area (Å²) < 4.78 is 28.0. The van der Waals surface area contributed by atoms with Gasteiger partial charge in [0.05, 0.1) is 14.9 Å². The minimum absolute atomic E-state index is 0.0637. The summed E-state index contributed by atoms with van der Waals surface area (Å²) >= 11 is 12.1. The first-order chi connectivity index (χ1) is 19.8. The lowest BCUT2D eigenvalue weighted by molar-refractivity contribution is -0.122. The molecule has 41 heavy (non-hydrogen) atoms. The van der Waals surface area contributed by atoms with Gasteiger partial charge in [0.15, 0.2) is 0 Å². The molecule has 6 nitrogen and oxygen atoms in total. The quantitative estimate of drug-likeness (QED) is 0.309. The van der Waals surface area contributed by atoms with E-state index in [9.17, 15) is 13.2 Å². The Bertz CT molecular complexity index is 1260. The fraction of sp³-hybridized carbons (Fsp3) is 0.594. The van der Waals surface area contributed by atoms with Gasteiger partial charge in [-0.05, 0) is 113 Å². The van der Waals surface area contributed by atoms with Gasteiger partial charge in [-0.25, -0.2) is 8.42 Å². The predicted molar refractivity (Wildman–Crippen MR) is 166 cm³/mol. The van der Waals surface area contributed by atoms with Crippen molar-refractivity contribution < 1.29 is 13.2 Å². The summed E-state index contributed by atoms with van der Waals surface area (Å²) in [5, 5.41) is 3.67. The van der Waals surface area contributed by atoms with Crippen molar-refractivity contribution >= 4 is 39.1 Å². The summed E-state index contributed by atoms with van der Waals surface area (Å²) in [6, 6.07) is 15.5. The highest BCUT2D eigenvalue weighted by Crippen LogP contribution is 2.36. The molecular formula is C32H43Cl2N3O3S. The monoisotopic (exact) mass is 619 g/mol. The highest BCUT2D eigenvalue weighted by atomic mass is 35.5. The van der Waals surface area contributed by atoms with E-state index >= 15 is 0 Å². The maximum atomic E-state index is 13.3. The second-order valence-electron chi connectivity index (χ2n) is 12.1. The number of hydrogen-bond acceptors (Lipinski definition) is 4. The molecule has 2 heterocycles. The van der Waals surface area contributed by atoms with Crippen molar-refractivity contribution in [1.29, 1.82) is 0 Å². The first-order valence-electron chi connectivity index (χ1n) is 15.3. The van der Waals surface area contributed by atoms with E-state index in [1.54, 1.807) is 0 Å². The van der Waals surface area contributed by atoms with E-state index in [-0.39, 0.29) is 28.3 Å². The van der Waals surface area contributed by atoms with Crippen molar-refractivity contribution in [2.75, 3.05) is 26.2 Å². The molecule has 5 rings (SSSR count). The normalized spacial score (nSPS) is 24.9. The smallest absolute Gasteiger partial charge is 0.243 e. The van der Waals surface area contributed by atoms with Crippen molar-refractivity contribution in [3.63, 3.8) is 0 Å². The van der Waals surface area contributed by atoms with E-state index in [0.717, 1.165) is 31.6 Å². The van der Waals surface area contributed by atoms with Gasteiger partial charge in [0.1, 0.15) is 0 Å². The molecule has 0 bridgehead atoms. The number of nitrogens with one attached hydrogen (secondary N) is 1. The molecule has 2 aromatic rings. The lowest BCUT2D eigenvalue weighted by Gasteiger charge is -2.39. The Balaban J connectivity index is 1.09. The van der Waals surface area contributed by atoms with Gasteiger partial charge in [0.2, 0.25) is 15.9 Å². The minimum atomic E-state index is -3.75. The molecule has 1 aliphatic carbocycles. The molecule has 2 aliphatic heterocycles. The van der Waals surface area contributed by atoms with Crippen LogP contribution >= 0.6 is 23.2 Å². The molecule has 0 spiro atoms. The molecule has 224 valence electrons. The molecular weight excluding hydrogens is 577 g/mol. The number of halogens is 2. The van der Waals surface area contributed by atoms with Gasteiger partial charge in [-0.15, -0.1) is 0 Å². The van der Waals surface area contributed by atoms with Crippen molar-refractivity contribution in [3.05, 3.63) is 64.1 Å². The fourth-order valence-corrected chi connectivity index (χ4v) is 9.25. The highest BCUT2D eigenvalue weighted by Gasteiger charge is 2.37. The SMILES string of the molecule is O=C(CC1CCCN1S(=O)(=O)c1ccc(Cl)c(Cl)c1)NCC1CCC(C(CCc2ccccc2)N2CCCC2)CC1. The molecule has 0 aromatic heterocycles. The van der Waals surface area contributed by atoms with E-state index in [1.807, 2.05) is 0 Å². The van der Waals surface area contributed by atoms with Crippen molar-refractivity contribution in [2.24, 2.45) is 11.8 Å². The molecule has 2 unspecified atom stereocenters. The van der Waals surface area contributed by atoms with Crippen LogP contribution in [0.4, 0.5) is 0 Å². The van der Waals surface area contributed by atoms with Gasteiger partial charge < -0.3 is 10.2 Å². The standard InChI is InChI=1S/C32H43Cl2N3O3S/c33-29-16-15-28(22-30(29)34)41(39,40)37-20-6-9-27(37)21-32(38)35-23-25-10-13-26(14-11-25)31(36-18-4-5-19-36)17-12-24-7-2-1-3-8-24/h1-3,7-8,15-16,22,25-27,31H,4-6,9-14,17-21,23H2,(H,35,38). The van der Waals surface area contributed by atoms with E-state index in [4.69, 9.17) is 23.2 Å². The molecule has 9 heteroatoms. The summed E-state index contributed by atoms with van der Waals surface area (Å²) in [5.74, 6) is 1.15. The van der Waals surface area contributed by atoms with Crippen LogP contribution in [0.2, 0.25) is 10.0 Å². The van der Waals surface area contributed by atoms with Crippen LogP contribution in [-0.2, 0) is 21.2 Å². The third-order valence-corrected chi connectivity index (χ3v) is 12.1. The summed E-state index contributed by atoms with van der Waals surface area (Å²) in [5.41, 5.74) is 1.43. The number of carbonyl (C=O) groups excluding carboxylic acids is 1. The second-order valence-corrected chi connectivity index (χ2v) is 14.8. The van der Waals surface area contributed by atoms with Crippen LogP contribution < -0.4 is 5.32 Å². The van der Waals surface area contributed by atoms with E-state index in [2.05, 4.69) is 40.5 Å². The van der Waals surface area contributed by atoms with Crippen LogP contribution in [0, 0.1) is 11.8 Å². The van der Waals surface area contributed by atoms with E-state index in [0.29, 0.717) is 36.5 Å². The Kier molecular flexibility index (Phi) is 10.7. The maximum absolute atomic E-state index is 13.3. The molecule has 3 fully saturated rings. The van der Waals surface area contributed by atoms with Gasteiger partial charge in [0.25, 0.3) is 0 Å². The average Bonchev–Trinajstić information content (AvgIpc) is 3.68. The van der Waals surface area contributed by atoms with Gasteiger partial charge in [-0.2, -0.15) is 4.31 Å². The topological polar surface area (TPSA) is 69.7 Å². The number of amides is 1. The predicted octanol–water partition coefficient (Wildman–Crippen LogP) is 6.56. The molecule has 3 aliphatic rings. The van der Waals surface area contributed by atoms with Crippen LogP contribution in [0.3, 0.4) is 0 Å². The Labute approximate surface area is 255 Å². The van der Waals surface area contributed by atoms with Crippen LogP contribution in [0.1, 0.15) is 69.8 Å². The lowest BCUT2D eigenvalue weighted by Crippen LogP contribution is -2.42. The fourth-order valence-electron chi connectivity index (χ4n) is 7.17. The third-order valence-electron chi connectivity index (χ3n) is 9.45. The molecule has 1 N–H and O–H groups in total. The number of rotatable bonds is 11. The van der Waals surface area contributed by atoms with Gasteiger partial charge in [-0.3, -0.25) is 4.79 Å². The van der Waals surface area contributed by atoms with E-state index in [1.165, 1.54) is 73.3 Å². The zero-order valence-corrected chi connectivity index (χ0v) is 26.1. The lowest BCUT2D eigenvalue weighted by atomic mass is 9.76. The average molecular weight is 621 g/mol. The number of nitrogens with zero attached hydrogens (tertiary/aromatic N) is 2. The van der Waals surface area contributed by atoms with Gasteiger partial charge >= 0.3 is 0 Å². The summed E-state index contributed by atoms with van der Waals surface area (Å²) in [7, 11) is -3.75. The third kappa shape index (κ3) is 7.85. The van der Waals surface area contributed by atoms with Gasteiger partial charge in [0, 0.05) is 31.6 Å². The number of aryl methyl sites for hydroxylation is 1. The number of likely N-dealkylation sites (tertiary alicyclic amines) is 1. The zero-order chi connectivity index (χ0) is 28.8. The van der Waals surface area contributed by atoms with E-state index < -0.39 is 10.0 Å². The Morgan fingerprint density at radius 2 is 1.63 bits per heavy atom. The highest BCUT2D eigenvalue weighted by molar-refractivity contribution is 7.89. The van der Waals surface area contributed by atoms with Crippen molar-refractivity contribution in [2.45, 2.75) is 87.6 Å². The molecule has 2 aromatic carbocycles. The number of carbonyl (C=O) groups is 1. The molecule has 2 atom stereocenters. The molecule has 1 saturated carbocycles.